The van der Waals surface area contributed by atoms with E-state index in [1.54, 1.807) is 17.0 Å². The number of nitrogens with zero attached hydrogens (tertiary/aromatic N) is 7. The maximum atomic E-state index is 13.6. The quantitative estimate of drug-likeness (QED) is 0.309. The zero-order valence-electron chi connectivity index (χ0n) is 22.8. The van der Waals surface area contributed by atoms with Crippen molar-refractivity contribution in [1.82, 2.24) is 29.6 Å². The SMILES string of the molecule is CC[C@@H]1C[C@@H](N(Cc2cc(Cl)cc(C(F)(F)F)c2)c2ncc(-n3cnnc3)cn2)C[C@H](CC)N1C(=O)OC(C)C. The molecule has 2 aromatic heterocycles. The fourth-order valence-corrected chi connectivity index (χ4v) is 5.44. The van der Waals surface area contributed by atoms with Gasteiger partial charge in [0.15, 0.2) is 0 Å². The van der Waals surface area contributed by atoms with Crippen LogP contribution in [-0.4, -0.2) is 60.0 Å². The van der Waals surface area contributed by atoms with Crippen LogP contribution in [0.3, 0.4) is 0 Å². The second-order valence-corrected chi connectivity index (χ2v) is 10.6. The zero-order valence-corrected chi connectivity index (χ0v) is 23.6. The third kappa shape index (κ3) is 6.83. The molecule has 4 rings (SSSR count). The fraction of sp³-hybridized carbons (Fsp3) is 0.519. The van der Waals surface area contributed by atoms with Gasteiger partial charge in [0, 0.05) is 29.7 Å². The van der Waals surface area contributed by atoms with Crippen LogP contribution in [0.4, 0.5) is 23.9 Å². The van der Waals surface area contributed by atoms with E-state index < -0.39 is 11.7 Å². The Morgan fingerprint density at radius 2 is 1.68 bits per heavy atom. The summed E-state index contributed by atoms with van der Waals surface area (Å²) in [7, 11) is 0. The molecule has 9 nitrogen and oxygen atoms in total. The van der Waals surface area contributed by atoms with Crippen LogP contribution in [0.2, 0.25) is 5.02 Å². The number of carbonyl (C=O) groups is 1. The number of hydrogen-bond donors (Lipinski definition) is 0. The molecule has 0 bridgehead atoms. The Kier molecular flexibility index (Phi) is 9.17. The average Bonchev–Trinajstić information content (AvgIpc) is 3.45. The Balaban J connectivity index is 1.70. The molecule has 13 heteroatoms. The number of alkyl halides is 3. The van der Waals surface area contributed by atoms with Gasteiger partial charge in [0.2, 0.25) is 5.95 Å². The first-order valence-corrected chi connectivity index (χ1v) is 13.7. The monoisotopic (exact) mass is 579 g/mol. The lowest BCUT2D eigenvalue weighted by molar-refractivity contribution is -0.137. The Morgan fingerprint density at radius 3 is 2.20 bits per heavy atom. The first-order chi connectivity index (χ1) is 19.0. The summed E-state index contributed by atoms with van der Waals surface area (Å²) in [5.41, 5.74) is 0.205. The number of ether oxygens (including phenoxy) is 1. The van der Waals surface area contributed by atoms with Gasteiger partial charge in [-0.2, -0.15) is 13.2 Å². The van der Waals surface area contributed by atoms with Crippen molar-refractivity contribution in [3.63, 3.8) is 0 Å². The number of hydrogen-bond acceptors (Lipinski definition) is 7. The molecule has 216 valence electrons. The highest BCUT2D eigenvalue weighted by Gasteiger charge is 2.41. The summed E-state index contributed by atoms with van der Waals surface area (Å²) in [5.74, 6) is 0.360. The Labute approximate surface area is 236 Å². The lowest BCUT2D eigenvalue weighted by atomic mass is 9.87. The van der Waals surface area contributed by atoms with Crippen molar-refractivity contribution in [2.45, 2.75) is 90.3 Å². The van der Waals surface area contributed by atoms with E-state index in [4.69, 9.17) is 16.3 Å². The summed E-state index contributed by atoms with van der Waals surface area (Å²) in [6.45, 7) is 7.75. The van der Waals surface area contributed by atoms with Crippen molar-refractivity contribution in [2.75, 3.05) is 4.90 Å². The molecule has 1 aliphatic rings. The number of aromatic nitrogens is 5. The number of carbonyl (C=O) groups excluding carboxylic acids is 1. The number of amides is 1. The fourth-order valence-electron chi connectivity index (χ4n) is 5.19. The molecule has 3 aromatic rings. The molecule has 1 saturated heterocycles. The van der Waals surface area contributed by atoms with Crippen LogP contribution in [0.5, 0.6) is 0 Å². The van der Waals surface area contributed by atoms with E-state index in [1.807, 2.05) is 37.5 Å². The van der Waals surface area contributed by atoms with Crippen LogP contribution < -0.4 is 4.90 Å². The van der Waals surface area contributed by atoms with Crippen LogP contribution in [0.15, 0.2) is 43.2 Å². The molecule has 0 N–H and O–H groups in total. The lowest BCUT2D eigenvalue weighted by Gasteiger charge is -2.47. The first kappa shape index (κ1) is 29.6. The summed E-state index contributed by atoms with van der Waals surface area (Å²) >= 11 is 6.11. The minimum atomic E-state index is -4.54. The molecule has 0 spiro atoms. The predicted octanol–water partition coefficient (Wildman–Crippen LogP) is 6.30. The summed E-state index contributed by atoms with van der Waals surface area (Å²) < 4.78 is 48.0. The number of anilines is 1. The highest BCUT2D eigenvalue weighted by molar-refractivity contribution is 6.30. The second-order valence-electron chi connectivity index (χ2n) is 10.2. The highest BCUT2D eigenvalue weighted by Crippen LogP contribution is 2.35. The van der Waals surface area contributed by atoms with Crippen LogP contribution >= 0.6 is 11.6 Å². The van der Waals surface area contributed by atoms with E-state index in [1.165, 1.54) is 18.7 Å². The number of benzene rings is 1. The summed E-state index contributed by atoms with van der Waals surface area (Å²) in [5, 5.41) is 7.59. The number of likely N-dealkylation sites (tertiary alicyclic amines) is 1. The van der Waals surface area contributed by atoms with E-state index in [0.29, 0.717) is 42.9 Å². The van der Waals surface area contributed by atoms with Gasteiger partial charge in [0.1, 0.15) is 12.7 Å². The molecule has 1 aliphatic heterocycles. The second kappa shape index (κ2) is 12.4. The molecule has 0 radical (unpaired) electrons. The minimum absolute atomic E-state index is 0.00207. The summed E-state index contributed by atoms with van der Waals surface area (Å²) in [4.78, 5) is 25.9. The van der Waals surface area contributed by atoms with Crippen molar-refractivity contribution in [2.24, 2.45) is 0 Å². The third-order valence-electron chi connectivity index (χ3n) is 7.04. The predicted molar refractivity (Wildman–Crippen MR) is 144 cm³/mol. The largest absolute Gasteiger partial charge is 0.447 e. The van der Waals surface area contributed by atoms with Gasteiger partial charge in [-0.05, 0) is 63.3 Å². The first-order valence-electron chi connectivity index (χ1n) is 13.3. The van der Waals surface area contributed by atoms with Gasteiger partial charge in [-0.3, -0.25) is 4.57 Å². The van der Waals surface area contributed by atoms with Gasteiger partial charge in [-0.25, -0.2) is 14.8 Å². The number of piperidine rings is 1. The normalized spacial score (nSPS) is 19.6. The van der Waals surface area contributed by atoms with Gasteiger partial charge < -0.3 is 14.5 Å². The van der Waals surface area contributed by atoms with E-state index in [-0.39, 0.29) is 41.9 Å². The van der Waals surface area contributed by atoms with Crippen LogP contribution in [0.1, 0.15) is 64.5 Å². The molecule has 3 atom stereocenters. The van der Waals surface area contributed by atoms with E-state index in [2.05, 4.69) is 20.2 Å². The Hall–Kier alpha value is -3.41. The summed E-state index contributed by atoms with van der Waals surface area (Å²) in [6, 6.07) is 3.14. The molecule has 0 aliphatic carbocycles. The molecule has 0 unspecified atom stereocenters. The van der Waals surface area contributed by atoms with E-state index in [0.717, 1.165) is 12.1 Å². The molecular weight excluding hydrogens is 547 g/mol. The Morgan fingerprint density at radius 1 is 1.07 bits per heavy atom. The summed E-state index contributed by atoms with van der Waals surface area (Å²) in [6.07, 6.45) is 3.65. The number of halogens is 4. The molecule has 1 aromatic carbocycles. The molecule has 3 heterocycles. The van der Waals surface area contributed by atoms with Crippen LogP contribution in [0.25, 0.3) is 5.69 Å². The van der Waals surface area contributed by atoms with E-state index >= 15 is 0 Å². The molecular formula is C27H33ClF3N7O2. The van der Waals surface area contributed by atoms with Gasteiger partial charge >= 0.3 is 12.3 Å². The number of rotatable bonds is 8. The van der Waals surface area contributed by atoms with Gasteiger partial charge in [0.05, 0.1) is 29.7 Å². The van der Waals surface area contributed by atoms with Crippen molar-refractivity contribution in [3.8, 4) is 5.69 Å². The maximum absolute atomic E-state index is 13.6. The highest BCUT2D eigenvalue weighted by atomic mass is 35.5. The molecule has 0 saturated carbocycles. The smallest absolute Gasteiger partial charge is 0.416 e. The Bertz CT molecular complexity index is 1260. The molecule has 1 amide bonds. The lowest BCUT2D eigenvalue weighted by Crippen LogP contribution is -2.57. The third-order valence-corrected chi connectivity index (χ3v) is 7.26. The zero-order chi connectivity index (χ0) is 29.0. The van der Waals surface area contributed by atoms with Crippen molar-refractivity contribution >= 4 is 23.6 Å². The van der Waals surface area contributed by atoms with Crippen molar-refractivity contribution in [1.29, 1.82) is 0 Å². The maximum Gasteiger partial charge on any atom is 0.416 e. The average molecular weight is 580 g/mol. The van der Waals surface area contributed by atoms with Crippen molar-refractivity contribution in [3.05, 3.63) is 59.4 Å². The van der Waals surface area contributed by atoms with Gasteiger partial charge in [0.25, 0.3) is 0 Å². The van der Waals surface area contributed by atoms with Gasteiger partial charge in [-0.15, -0.1) is 10.2 Å². The minimum Gasteiger partial charge on any atom is -0.447 e. The molecule has 1 fully saturated rings. The topological polar surface area (TPSA) is 89.3 Å². The van der Waals surface area contributed by atoms with Gasteiger partial charge in [-0.1, -0.05) is 25.4 Å². The van der Waals surface area contributed by atoms with Crippen LogP contribution in [0, 0.1) is 0 Å². The van der Waals surface area contributed by atoms with Crippen LogP contribution in [-0.2, 0) is 17.5 Å². The molecule has 40 heavy (non-hydrogen) atoms. The van der Waals surface area contributed by atoms with Crippen molar-refractivity contribution < 1.29 is 22.7 Å². The standard InChI is InChI=1S/C27H33ClF3N7O2/c1-5-21-10-23(11-22(6-2)38(21)26(39)40-17(3)4)37(14-18-7-19(27(29,30)31)9-20(28)8-18)25-32-12-24(13-33-25)36-15-34-35-16-36/h7-9,12-13,15-17,21-23H,5-6,10-11,14H2,1-4H3/t21-,22+,23-. The van der Waals surface area contributed by atoms with E-state index in [9.17, 15) is 18.0 Å².